The summed E-state index contributed by atoms with van der Waals surface area (Å²) in [5, 5.41) is 9.18. The summed E-state index contributed by atoms with van der Waals surface area (Å²) in [7, 11) is 1.63. The van der Waals surface area contributed by atoms with E-state index in [1.807, 2.05) is 54.3 Å². The number of aliphatic imine (C=N–C) groups is 1. The monoisotopic (exact) mass is 452 g/mol. The molecule has 0 unspecified atom stereocenters. The second-order valence-electron chi connectivity index (χ2n) is 8.33. The molecule has 0 spiro atoms. The molecule has 0 aromatic heterocycles. The first-order valence-corrected chi connectivity index (χ1v) is 11.2. The molecule has 0 saturated carbocycles. The molecule has 3 aromatic carbocycles. The number of para-hydroxylation sites is 3. The average Bonchev–Trinajstić information content (AvgIpc) is 3.05. The molecule has 1 amide bonds. The molecule has 5 rings (SSSR count). The minimum atomic E-state index is -0.0668. The van der Waals surface area contributed by atoms with Gasteiger partial charge in [-0.1, -0.05) is 24.3 Å². The van der Waals surface area contributed by atoms with Gasteiger partial charge in [0.25, 0.3) is 5.91 Å². The van der Waals surface area contributed by atoms with Gasteiger partial charge in [0.05, 0.1) is 24.3 Å². The number of carbonyl (C=O) groups is 1. The lowest BCUT2D eigenvalue weighted by molar-refractivity contribution is 0.0581. The zero-order valence-electron chi connectivity index (χ0n) is 19.1. The summed E-state index contributed by atoms with van der Waals surface area (Å²) in [4.78, 5) is 22.2. The van der Waals surface area contributed by atoms with Gasteiger partial charge in [-0.05, 0) is 49.4 Å². The highest BCUT2D eigenvalue weighted by Crippen LogP contribution is 2.42. The Morgan fingerprint density at radius 3 is 2.74 bits per heavy atom. The van der Waals surface area contributed by atoms with Gasteiger partial charge in [-0.15, -0.1) is 0 Å². The van der Waals surface area contributed by atoms with Crippen LogP contribution >= 0.6 is 0 Å². The van der Waals surface area contributed by atoms with Crippen LogP contribution in [-0.4, -0.2) is 54.3 Å². The van der Waals surface area contributed by atoms with Gasteiger partial charge < -0.3 is 19.3 Å². The normalized spacial score (nSPS) is 16.9. The van der Waals surface area contributed by atoms with E-state index in [9.17, 15) is 10.1 Å². The molecule has 7 nitrogen and oxygen atoms in total. The number of nitriles is 1. The highest BCUT2D eigenvalue weighted by atomic mass is 16.5. The van der Waals surface area contributed by atoms with E-state index in [0.717, 1.165) is 17.1 Å². The van der Waals surface area contributed by atoms with Crippen LogP contribution < -0.4 is 9.47 Å². The first-order valence-electron chi connectivity index (χ1n) is 11.2. The number of ether oxygens (including phenoxy) is 2. The predicted octanol–water partition coefficient (Wildman–Crippen LogP) is 4.60. The molecule has 0 radical (unpaired) electrons. The fraction of sp³-hybridized carbons (Fsp3) is 0.222. The van der Waals surface area contributed by atoms with Gasteiger partial charge in [-0.2, -0.15) is 5.26 Å². The van der Waals surface area contributed by atoms with Crippen molar-refractivity contribution in [1.29, 1.82) is 5.26 Å². The first-order chi connectivity index (χ1) is 16.6. The molecular formula is C27H24N4O3. The fourth-order valence-corrected chi connectivity index (χ4v) is 4.46. The van der Waals surface area contributed by atoms with Crippen LogP contribution in [0.2, 0.25) is 0 Å². The van der Waals surface area contributed by atoms with Crippen LogP contribution in [-0.2, 0) is 0 Å². The summed E-state index contributed by atoms with van der Waals surface area (Å²) in [6.45, 7) is 3.80. The second-order valence-corrected chi connectivity index (χ2v) is 8.33. The molecule has 170 valence electrons. The summed E-state index contributed by atoms with van der Waals surface area (Å²) >= 11 is 0. The summed E-state index contributed by atoms with van der Waals surface area (Å²) in [5.41, 5.74) is 2.61. The lowest BCUT2D eigenvalue weighted by Crippen LogP contribution is -2.55. The first kappa shape index (κ1) is 21.5. The van der Waals surface area contributed by atoms with E-state index in [4.69, 9.17) is 14.5 Å². The Bertz CT molecular complexity index is 1330. The molecule has 0 aliphatic carbocycles. The van der Waals surface area contributed by atoms with Gasteiger partial charge in [0.2, 0.25) is 0 Å². The van der Waals surface area contributed by atoms with E-state index in [2.05, 4.69) is 11.0 Å². The Kier molecular flexibility index (Phi) is 5.64. The third-order valence-electron chi connectivity index (χ3n) is 6.17. The number of methoxy groups -OCH3 is 1. The quantitative estimate of drug-likeness (QED) is 0.568. The second kappa shape index (κ2) is 8.91. The number of piperazine rings is 1. The average molecular weight is 453 g/mol. The molecule has 1 atom stereocenters. The molecule has 2 aliphatic heterocycles. The zero-order chi connectivity index (χ0) is 23.7. The number of fused-ring (bicyclic) bond motifs is 2. The Labute approximate surface area is 198 Å². The molecule has 1 saturated heterocycles. The molecule has 3 aromatic rings. The van der Waals surface area contributed by atoms with Crippen LogP contribution in [0.4, 0.5) is 5.69 Å². The SMILES string of the molecule is COc1cccc2c1Oc1ccccc1N=C2N1CCN(C(=O)c2cccc(C#N)c2)[C@@H](C)C1. The van der Waals surface area contributed by atoms with Crippen molar-refractivity contribution in [2.24, 2.45) is 4.99 Å². The standard InChI is InChI=1S/C27H24N4O3/c1-18-17-30(13-14-31(18)27(32)20-8-5-7-19(15-20)16-28)26-21-9-6-12-24(33-2)25(21)34-23-11-4-3-10-22(23)29-26/h3-12,15,18H,13-14,17H2,1-2H3/t18-/m0/s1. The van der Waals surface area contributed by atoms with Crippen molar-refractivity contribution < 1.29 is 14.3 Å². The maximum absolute atomic E-state index is 13.2. The van der Waals surface area contributed by atoms with Crippen molar-refractivity contribution in [2.75, 3.05) is 26.7 Å². The van der Waals surface area contributed by atoms with Crippen molar-refractivity contribution in [1.82, 2.24) is 9.80 Å². The van der Waals surface area contributed by atoms with Gasteiger partial charge in [-0.3, -0.25) is 4.79 Å². The molecule has 34 heavy (non-hydrogen) atoms. The smallest absolute Gasteiger partial charge is 0.254 e. The van der Waals surface area contributed by atoms with Crippen molar-refractivity contribution in [2.45, 2.75) is 13.0 Å². The predicted molar refractivity (Wildman–Crippen MR) is 129 cm³/mol. The van der Waals surface area contributed by atoms with Crippen LogP contribution in [0.5, 0.6) is 17.2 Å². The molecule has 2 aliphatic rings. The fourth-order valence-electron chi connectivity index (χ4n) is 4.46. The Morgan fingerprint density at radius 2 is 1.94 bits per heavy atom. The Balaban J connectivity index is 1.46. The van der Waals surface area contributed by atoms with E-state index < -0.39 is 0 Å². The summed E-state index contributed by atoms with van der Waals surface area (Å²) in [5.74, 6) is 2.67. The number of amidine groups is 1. The van der Waals surface area contributed by atoms with Gasteiger partial charge in [0.1, 0.15) is 11.5 Å². The third kappa shape index (κ3) is 3.84. The van der Waals surface area contributed by atoms with Crippen LogP contribution in [0.25, 0.3) is 0 Å². The number of rotatable bonds is 2. The lowest BCUT2D eigenvalue weighted by atomic mass is 10.1. The van der Waals surface area contributed by atoms with Gasteiger partial charge in [0.15, 0.2) is 17.2 Å². The van der Waals surface area contributed by atoms with Crippen LogP contribution in [0.3, 0.4) is 0 Å². The van der Waals surface area contributed by atoms with Crippen LogP contribution in [0.1, 0.15) is 28.4 Å². The minimum Gasteiger partial charge on any atom is -0.493 e. The Morgan fingerprint density at radius 1 is 1.12 bits per heavy atom. The van der Waals surface area contributed by atoms with Crippen molar-refractivity contribution in [3.63, 3.8) is 0 Å². The lowest BCUT2D eigenvalue weighted by Gasteiger charge is -2.41. The van der Waals surface area contributed by atoms with E-state index in [1.165, 1.54) is 0 Å². The van der Waals surface area contributed by atoms with Gasteiger partial charge in [-0.25, -0.2) is 4.99 Å². The molecular weight excluding hydrogens is 428 g/mol. The zero-order valence-corrected chi connectivity index (χ0v) is 19.1. The molecule has 2 heterocycles. The highest BCUT2D eigenvalue weighted by Gasteiger charge is 2.32. The van der Waals surface area contributed by atoms with Crippen molar-refractivity contribution in [3.8, 4) is 23.3 Å². The molecule has 0 N–H and O–H groups in total. The molecule has 1 fully saturated rings. The van der Waals surface area contributed by atoms with Crippen LogP contribution in [0, 0.1) is 11.3 Å². The summed E-state index contributed by atoms with van der Waals surface area (Å²) in [6.07, 6.45) is 0. The Hall–Kier alpha value is -4.31. The number of nitrogens with zero attached hydrogens (tertiary/aromatic N) is 4. The van der Waals surface area contributed by atoms with Crippen molar-refractivity contribution >= 4 is 17.4 Å². The highest BCUT2D eigenvalue weighted by molar-refractivity contribution is 6.04. The maximum Gasteiger partial charge on any atom is 0.254 e. The maximum atomic E-state index is 13.2. The van der Waals surface area contributed by atoms with Gasteiger partial charge in [0, 0.05) is 31.2 Å². The van der Waals surface area contributed by atoms with Crippen molar-refractivity contribution in [3.05, 3.63) is 83.4 Å². The minimum absolute atomic E-state index is 0.0526. The number of carbonyl (C=O) groups excluding carboxylic acids is 1. The van der Waals surface area contributed by atoms with E-state index in [-0.39, 0.29) is 11.9 Å². The summed E-state index contributed by atoms with van der Waals surface area (Å²) < 4.78 is 11.8. The summed E-state index contributed by atoms with van der Waals surface area (Å²) in [6, 6.07) is 22.4. The van der Waals surface area contributed by atoms with E-state index >= 15 is 0 Å². The largest absolute Gasteiger partial charge is 0.493 e. The molecule has 0 bridgehead atoms. The number of amides is 1. The van der Waals surface area contributed by atoms with Gasteiger partial charge >= 0.3 is 0 Å². The third-order valence-corrected chi connectivity index (χ3v) is 6.17. The number of benzene rings is 3. The van der Waals surface area contributed by atoms with E-state index in [1.54, 1.807) is 31.4 Å². The van der Waals surface area contributed by atoms with Crippen LogP contribution in [0.15, 0.2) is 71.7 Å². The number of hydrogen-bond donors (Lipinski definition) is 0. The topological polar surface area (TPSA) is 78.2 Å². The van der Waals surface area contributed by atoms with E-state index in [0.29, 0.717) is 48.0 Å². The molecule has 7 heteroatoms. The number of hydrogen-bond acceptors (Lipinski definition) is 6.